The van der Waals surface area contributed by atoms with Crippen LogP contribution in [0.2, 0.25) is 10.0 Å². The number of halogens is 2. The number of fused-ring (bicyclic) bond motifs is 1. The standard InChI is InChI=1S/C16H14Cl2N2O2/c1-21-10-20-14-5-3-2-4-13(14)19-16(20)9-22-15-7-6-11(17)8-12(15)18/h2-8H,9-10H2,1H3. The number of nitrogens with zero attached hydrogens (tertiary/aromatic N) is 2. The molecule has 1 aromatic heterocycles. The molecule has 2 aromatic carbocycles. The highest BCUT2D eigenvalue weighted by atomic mass is 35.5. The Balaban J connectivity index is 1.88. The molecule has 0 aliphatic carbocycles. The third-order valence-corrected chi connectivity index (χ3v) is 3.77. The van der Waals surface area contributed by atoms with Crippen molar-refractivity contribution < 1.29 is 9.47 Å². The van der Waals surface area contributed by atoms with Gasteiger partial charge in [0.25, 0.3) is 0 Å². The SMILES string of the molecule is COCn1c(COc2ccc(Cl)cc2Cl)nc2ccccc21. The molecule has 0 saturated carbocycles. The summed E-state index contributed by atoms with van der Waals surface area (Å²) < 4.78 is 13.0. The van der Waals surface area contributed by atoms with Gasteiger partial charge >= 0.3 is 0 Å². The van der Waals surface area contributed by atoms with Gasteiger partial charge in [-0.2, -0.15) is 0 Å². The molecule has 0 N–H and O–H groups in total. The fraction of sp³-hybridized carbons (Fsp3) is 0.188. The highest BCUT2D eigenvalue weighted by Crippen LogP contribution is 2.28. The summed E-state index contributed by atoms with van der Waals surface area (Å²) in [5.41, 5.74) is 1.91. The van der Waals surface area contributed by atoms with E-state index in [0.717, 1.165) is 16.9 Å². The Morgan fingerprint density at radius 3 is 2.73 bits per heavy atom. The summed E-state index contributed by atoms with van der Waals surface area (Å²) in [5, 5.41) is 1.05. The van der Waals surface area contributed by atoms with E-state index in [0.29, 0.717) is 29.1 Å². The molecule has 114 valence electrons. The van der Waals surface area contributed by atoms with Crippen LogP contribution in [-0.2, 0) is 18.1 Å². The van der Waals surface area contributed by atoms with Gasteiger partial charge in [-0.25, -0.2) is 4.98 Å². The number of rotatable bonds is 5. The molecular formula is C16H14Cl2N2O2. The quantitative estimate of drug-likeness (QED) is 0.686. The van der Waals surface area contributed by atoms with E-state index in [1.165, 1.54) is 0 Å². The number of imidazole rings is 1. The normalized spacial score (nSPS) is 11.0. The molecule has 0 unspecified atom stereocenters. The van der Waals surface area contributed by atoms with Gasteiger partial charge in [0.1, 0.15) is 24.9 Å². The maximum atomic E-state index is 6.11. The Labute approximate surface area is 138 Å². The molecule has 0 amide bonds. The molecule has 3 rings (SSSR count). The molecular weight excluding hydrogens is 323 g/mol. The Morgan fingerprint density at radius 2 is 1.95 bits per heavy atom. The summed E-state index contributed by atoms with van der Waals surface area (Å²) in [6.45, 7) is 0.701. The number of hydrogen-bond acceptors (Lipinski definition) is 3. The largest absolute Gasteiger partial charge is 0.484 e. The van der Waals surface area contributed by atoms with E-state index < -0.39 is 0 Å². The maximum absolute atomic E-state index is 6.11. The molecule has 6 heteroatoms. The second-order valence-corrected chi connectivity index (χ2v) is 5.57. The lowest BCUT2D eigenvalue weighted by Gasteiger charge is -2.10. The van der Waals surface area contributed by atoms with Gasteiger partial charge in [-0.1, -0.05) is 35.3 Å². The van der Waals surface area contributed by atoms with E-state index in [-0.39, 0.29) is 0 Å². The zero-order valence-electron chi connectivity index (χ0n) is 11.9. The second-order valence-electron chi connectivity index (χ2n) is 4.73. The van der Waals surface area contributed by atoms with Crippen LogP contribution in [0.3, 0.4) is 0 Å². The Morgan fingerprint density at radius 1 is 1.14 bits per heavy atom. The molecule has 0 aliphatic heterocycles. The molecule has 0 spiro atoms. The number of benzene rings is 2. The predicted molar refractivity (Wildman–Crippen MR) is 87.5 cm³/mol. The number of ether oxygens (including phenoxy) is 2. The molecule has 0 saturated heterocycles. The maximum Gasteiger partial charge on any atom is 0.149 e. The first-order valence-corrected chi connectivity index (χ1v) is 7.45. The average Bonchev–Trinajstić information content (AvgIpc) is 2.85. The van der Waals surface area contributed by atoms with E-state index in [1.807, 2.05) is 28.8 Å². The van der Waals surface area contributed by atoms with Gasteiger partial charge in [0.2, 0.25) is 0 Å². The molecule has 1 heterocycles. The zero-order chi connectivity index (χ0) is 15.5. The van der Waals surface area contributed by atoms with Crippen molar-refractivity contribution in [2.24, 2.45) is 0 Å². The zero-order valence-corrected chi connectivity index (χ0v) is 13.4. The summed E-state index contributed by atoms with van der Waals surface area (Å²) in [6, 6.07) is 13.0. The summed E-state index contributed by atoms with van der Waals surface area (Å²) in [7, 11) is 1.65. The summed E-state index contributed by atoms with van der Waals surface area (Å²) in [4.78, 5) is 4.58. The Bertz CT molecular complexity index is 802. The van der Waals surface area contributed by atoms with Crippen LogP contribution in [0.5, 0.6) is 5.75 Å². The van der Waals surface area contributed by atoms with Crippen LogP contribution in [0.1, 0.15) is 5.82 Å². The van der Waals surface area contributed by atoms with E-state index in [9.17, 15) is 0 Å². The van der Waals surface area contributed by atoms with E-state index >= 15 is 0 Å². The Kier molecular flexibility index (Phi) is 4.52. The second kappa shape index (κ2) is 6.57. The minimum Gasteiger partial charge on any atom is -0.484 e. The predicted octanol–water partition coefficient (Wildman–Crippen LogP) is 4.53. The van der Waals surface area contributed by atoms with Crippen molar-refractivity contribution >= 4 is 34.2 Å². The van der Waals surface area contributed by atoms with Gasteiger partial charge in [0.15, 0.2) is 0 Å². The van der Waals surface area contributed by atoms with Crippen LogP contribution in [0.4, 0.5) is 0 Å². The van der Waals surface area contributed by atoms with Crippen molar-refractivity contribution in [2.75, 3.05) is 7.11 Å². The van der Waals surface area contributed by atoms with Crippen LogP contribution < -0.4 is 4.74 Å². The third kappa shape index (κ3) is 3.04. The first kappa shape index (κ1) is 15.2. The minimum absolute atomic E-state index is 0.291. The summed E-state index contributed by atoms with van der Waals surface area (Å²) in [6.07, 6.45) is 0. The molecule has 0 atom stereocenters. The first-order chi connectivity index (χ1) is 10.7. The smallest absolute Gasteiger partial charge is 0.149 e. The van der Waals surface area contributed by atoms with Gasteiger partial charge in [-0.3, -0.25) is 0 Å². The lowest BCUT2D eigenvalue weighted by Crippen LogP contribution is -2.08. The molecule has 22 heavy (non-hydrogen) atoms. The van der Waals surface area contributed by atoms with Gasteiger partial charge in [-0.15, -0.1) is 0 Å². The molecule has 0 aliphatic rings. The van der Waals surface area contributed by atoms with E-state index in [2.05, 4.69) is 4.98 Å². The van der Waals surface area contributed by atoms with Gasteiger partial charge in [0.05, 0.1) is 16.1 Å². The van der Waals surface area contributed by atoms with E-state index in [1.54, 1.807) is 25.3 Å². The fourth-order valence-electron chi connectivity index (χ4n) is 2.24. The number of hydrogen-bond donors (Lipinski definition) is 0. The van der Waals surface area contributed by atoms with Crippen LogP contribution in [-0.4, -0.2) is 16.7 Å². The van der Waals surface area contributed by atoms with Crippen LogP contribution in [0.15, 0.2) is 42.5 Å². The van der Waals surface area contributed by atoms with Crippen LogP contribution in [0.25, 0.3) is 11.0 Å². The van der Waals surface area contributed by atoms with Crippen molar-refractivity contribution in [3.05, 3.63) is 58.3 Å². The van der Waals surface area contributed by atoms with Crippen molar-refractivity contribution in [3.63, 3.8) is 0 Å². The molecule has 0 fully saturated rings. The van der Waals surface area contributed by atoms with Crippen molar-refractivity contribution in [3.8, 4) is 5.75 Å². The molecule has 0 radical (unpaired) electrons. The van der Waals surface area contributed by atoms with E-state index in [4.69, 9.17) is 32.7 Å². The van der Waals surface area contributed by atoms with Gasteiger partial charge < -0.3 is 14.0 Å². The van der Waals surface area contributed by atoms with Crippen LogP contribution >= 0.6 is 23.2 Å². The van der Waals surface area contributed by atoms with Gasteiger partial charge in [-0.05, 0) is 30.3 Å². The van der Waals surface area contributed by atoms with Crippen molar-refractivity contribution in [1.82, 2.24) is 9.55 Å². The molecule has 0 bridgehead atoms. The summed E-state index contributed by atoms with van der Waals surface area (Å²) >= 11 is 12.0. The summed E-state index contributed by atoms with van der Waals surface area (Å²) in [5.74, 6) is 1.34. The topological polar surface area (TPSA) is 36.3 Å². The average molecular weight is 337 g/mol. The lowest BCUT2D eigenvalue weighted by molar-refractivity contribution is 0.127. The highest BCUT2D eigenvalue weighted by Gasteiger charge is 2.11. The molecule has 3 aromatic rings. The number of para-hydroxylation sites is 2. The van der Waals surface area contributed by atoms with Crippen molar-refractivity contribution in [2.45, 2.75) is 13.3 Å². The minimum atomic E-state index is 0.291. The van der Waals surface area contributed by atoms with Gasteiger partial charge in [0, 0.05) is 12.1 Å². The number of aromatic nitrogens is 2. The van der Waals surface area contributed by atoms with Crippen molar-refractivity contribution in [1.29, 1.82) is 0 Å². The Hall–Kier alpha value is -1.75. The monoisotopic (exact) mass is 336 g/mol. The third-order valence-electron chi connectivity index (χ3n) is 3.24. The lowest BCUT2D eigenvalue weighted by atomic mass is 10.3. The first-order valence-electron chi connectivity index (χ1n) is 6.70. The number of methoxy groups -OCH3 is 1. The fourth-order valence-corrected chi connectivity index (χ4v) is 2.71. The highest BCUT2D eigenvalue weighted by molar-refractivity contribution is 6.35. The molecule has 4 nitrogen and oxygen atoms in total. The van der Waals surface area contributed by atoms with Crippen LogP contribution in [0, 0.1) is 0 Å².